The van der Waals surface area contributed by atoms with Crippen molar-refractivity contribution >= 4 is 70.5 Å². The molecular weight excluding hydrogens is 743 g/mol. The maximum Gasteiger partial charge on any atom is 0.0362 e. The molecule has 11 aromatic rings. The highest BCUT2D eigenvalue weighted by atomic mass is 32.1. The maximum atomic E-state index is 5.50. The van der Waals surface area contributed by atoms with Crippen LogP contribution in [0.15, 0.2) is 212 Å². The molecule has 1 aromatic heterocycles. The van der Waals surface area contributed by atoms with E-state index in [-0.39, 0.29) is 0 Å². The average Bonchev–Trinajstić information content (AvgIpc) is 3.70. The van der Waals surface area contributed by atoms with Gasteiger partial charge in [-0.1, -0.05) is 194 Å². The van der Waals surface area contributed by atoms with Crippen molar-refractivity contribution in [1.29, 1.82) is 5.41 Å². The Morgan fingerprint density at radius 3 is 1.32 bits per heavy atom. The van der Waals surface area contributed by atoms with Crippen LogP contribution in [0.5, 0.6) is 0 Å². The van der Waals surface area contributed by atoms with Crippen LogP contribution < -0.4 is 0 Å². The molecule has 11 rings (SSSR count). The van der Waals surface area contributed by atoms with Crippen molar-refractivity contribution < 1.29 is 0 Å². The van der Waals surface area contributed by atoms with Gasteiger partial charge in [-0.25, -0.2) is 0 Å². The normalized spacial score (nSPS) is 10.7. The number of fused-ring (bicyclic) bond motifs is 7. The Kier molecular flexibility index (Phi) is 12.0. The smallest absolute Gasteiger partial charge is 0.0362 e. The third-order valence-electron chi connectivity index (χ3n) is 11.1. The van der Waals surface area contributed by atoms with Gasteiger partial charge in [0, 0.05) is 20.2 Å². The second-order valence-electron chi connectivity index (χ2n) is 15.1. The quantitative estimate of drug-likeness (QED) is 0.172. The van der Waals surface area contributed by atoms with E-state index in [1.165, 1.54) is 103 Å². The first-order valence-corrected chi connectivity index (χ1v) is 21.2. The molecule has 10 aromatic carbocycles. The number of aryl methyl sites for hydroxylation is 3. The van der Waals surface area contributed by atoms with Gasteiger partial charge in [0.2, 0.25) is 0 Å². The number of hydrogen-bond acceptors (Lipinski definition) is 2. The molecule has 0 aliphatic rings. The minimum Gasteiger partial charge on any atom is -0.317 e. The van der Waals surface area contributed by atoms with Crippen LogP contribution in [0.2, 0.25) is 0 Å². The summed E-state index contributed by atoms with van der Waals surface area (Å²) >= 11 is 1.89. The zero-order chi connectivity index (χ0) is 41.4. The van der Waals surface area contributed by atoms with Crippen LogP contribution in [0.3, 0.4) is 0 Å². The number of hydrogen-bond donors (Lipinski definition) is 1. The van der Waals surface area contributed by atoms with Crippen LogP contribution in [-0.4, -0.2) is 6.72 Å². The fourth-order valence-corrected chi connectivity index (χ4v) is 9.32. The minimum atomic E-state index is 1.24. The van der Waals surface area contributed by atoms with Gasteiger partial charge in [0.05, 0.1) is 0 Å². The standard InChI is InChI=1S/C35H24S.2C11H10.CH3N/c1-23-8-4-10-25(20-23)26-11-5-12-27(21-26)28-13-6-14-29(22-28)31-16-7-17-32-35(31)34-30-15-3-2-9-24(30)18-19-33(34)36-32;2*1-9-5-4-7-10-6-2-3-8-11(9)10;1-2/h2-22H,1H3;2*2-8H,1H3;2H,1H2. The Balaban J connectivity index is 0.000000168. The van der Waals surface area contributed by atoms with Crippen molar-refractivity contribution in [3.05, 3.63) is 229 Å². The van der Waals surface area contributed by atoms with Gasteiger partial charge >= 0.3 is 0 Å². The molecule has 0 saturated heterocycles. The molecule has 1 heterocycles. The summed E-state index contributed by atoms with van der Waals surface area (Å²) < 4.78 is 2.68. The molecule has 0 bridgehead atoms. The second-order valence-corrected chi connectivity index (χ2v) is 16.1. The summed E-state index contributed by atoms with van der Waals surface area (Å²) in [6, 6.07) is 76.3. The van der Waals surface area contributed by atoms with Gasteiger partial charge in [0.1, 0.15) is 0 Å². The van der Waals surface area contributed by atoms with E-state index in [0.29, 0.717) is 0 Å². The molecule has 2 heteroatoms. The molecule has 1 nitrogen and oxygen atoms in total. The number of benzene rings is 10. The van der Waals surface area contributed by atoms with Crippen LogP contribution in [-0.2, 0) is 0 Å². The Morgan fingerprint density at radius 2 is 0.750 bits per heavy atom. The van der Waals surface area contributed by atoms with Crippen molar-refractivity contribution in [1.82, 2.24) is 0 Å². The van der Waals surface area contributed by atoms with Crippen LogP contribution in [0.25, 0.3) is 85.9 Å². The van der Waals surface area contributed by atoms with E-state index in [4.69, 9.17) is 5.41 Å². The largest absolute Gasteiger partial charge is 0.317 e. The van der Waals surface area contributed by atoms with E-state index in [2.05, 4.69) is 240 Å². The van der Waals surface area contributed by atoms with E-state index in [1.807, 2.05) is 11.3 Å². The Morgan fingerprint density at radius 1 is 0.333 bits per heavy atom. The van der Waals surface area contributed by atoms with E-state index < -0.39 is 0 Å². The first-order chi connectivity index (χ1) is 29.5. The molecule has 0 aliphatic heterocycles. The minimum absolute atomic E-state index is 1.24. The molecule has 290 valence electrons. The Bertz CT molecular complexity index is 3160. The van der Waals surface area contributed by atoms with E-state index in [0.717, 1.165) is 0 Å². The summed E-state index contributed by atoms with van der Waals surface area (Å²) in [4.78, 5) is 0. The predicted molar refractivity (Wildman–Crippen MR) is 265 cm³/mol. The summed E-state index contributed by atoms with van der Waals surface area (Å²) in [5.41, 5.74) is 11.5. The van der Waals surface area contributed by atoms with E-state index in [9.17, 15) is 0 Å². The molecule has 1 N–H and O–H groups in total. The third-order valence-corrected chi connectivity index (χ3v) is 12.2. The lowest BCUT2D eigenvalue weighted by molar-refractivity contribution is 1.47. The Hall–Kier alpha value is -7.13. The zero-order valence-electron chi connectivity index (χ0n) is 34.3. The monoisotopic (exact) mass is 789 g/mol. The molecular formula is C58H47NS. The highest BCUT2D eigenvalue weighted by molar-refractivity contribution is 7.26. The fraction of sp³-hybridized carbons (Fsp3) is 0.0517. The SMILES string of the molecule is C=N.Cc1cccc(-c2cccc(-c3cccc(-c4cccc5sc6ccc7ccccc7c6c45)c3)c2)c1.Cc1cccc2ccccc12.Cc1cccc2ccccc12. The lowest BCUT2D eigenvalue weighted by atomic mass is 9.93. The van der Waals surface area contributed by atoms with Crippen molar-refractivity contribution in [2.24, 2.45) is 0 Å². The molecule has 0 amide bonds. The fourth-order valence-electron chi connectivity index (χ4n) is 8.17. The first-order valence-electron chi connectivity index (χ1n) is 20.4. The molecule has 0 aliphatic carbocycles. The second kappa shape index (κ2) is 18.2. The highest BCUT2D eigenvalue weighted by Crippen LogP contribution is 2.43. The number of thiophene rings is 1. The van der Waals surface area contributed by atoms with Gasteiger partial charge in [-0.05, 0) is 129 Å². The van der Waals surface area contributed by atoms with Gasteiger partial charge in [-0.2, -0.15) is 0 Å². The van der Waals surface area contributed by atoms with Crippen molar-refractivity contribution in [2.75, 3.05) is 0 Å². The molecule has 0 fully saturated rings. The third kappa shape index (κ3) is 8.38. The molecule has 0 radical (unpaired) electrons. The summed E-state index contributed by atoms with van der Waals surface area (Å²) in [6.45, 7) is 8.93. The van der Waals surface area contributed by atoms with Gasteiger partial charge in [-0.3, -0.25) is 0 Å². The lowest BCUT2D eigenvalue weighted by Crippen LogP contribution is -1.85. The summed E-state index contributed by atoms with van der Waals surface area (Å²) in [6.07, 6.45) is 0. The summed E-state index contributed by atoms with van der Waals surface area (Å²) in [5, 5.41) is 16.2. The Labute approximate surface area is 357 Å². The van der Waals surface area contributed by atoms with E-state index in [1.54, 1.807) is 0 Å². The van der Waals surface area contributed by atoms with Gasteiger partial charge in [0.25, 0.3) is 0 Å². The van der Waals surface area contributed by atoms with Crippen LogP contribution >= 0.6 is 11.3 Å². The van der Waals surface area contributed by atoms with Gasteiger partial charge in [0.15, 0.2) is 0 Å². The molecule has 0 unspecified atom stereocenters. The maximum absolute atomic E-state index is 5.50. The summed E-state index contributed by atoms with van der Waals surface area (Å²) in [7, 11) is 0. The highest BCUT2D eigenvalue weighted by Gasteiger charge is 2.14. The van der Waals surface area contributed by atoms with Crippen molar-refractivity contribution in [2.45, 2.75) is 20.8 Å². The van der Waals surface area contributed by atoms with Crippen LogP contribution in [0.4, 0.5) is 0 Å². The topological polar surface area (TPSA) is 23.9 Å². The van der Waals surface area contributed by atoms with Crippen molar-refractivity contribution in [3.8, 4) is 33.4 Å². The summed E-state index contributed by atoms with van der Waals surface area (Å²) in [5.74, 6) is 0. The molecule has 0 saturated carbocycles. The van der Waals surface area contributed by atoms with Gasteiger partial charge < -0.3 is 5.41 Å². The number of nitrogens with one attached hydrogen (secondary N) is 1. The van der Waals surface area contributed by atoms with Crippen LogP contribution in [0, 0.1) is 26.2 Å². The van der Waals surface area contributed by atoms with Crippen molar-refractivity contribution in [3.63, 3.8) is 0 Å². The average molecular weight is 790 g/mol. The number of rotatable bonds is 3. The van der Waals surface area contributed by atoms with E-state index >= 15 is 0 Å². The zero-order valence-corrected chi connectivity index (χ0v) is 35.1. The molecule has 60 heavy (non-hydrogen) atoms. The molecule has 0 spiro atoms. The van der Waals surface area contributed by atoms with Gasteiger partial charge in [-0.15, -0.1) is 11.3 Å². The first kappa shape index (κ1) is 39.7. The predicted octanol–water partition coefficient (Wildman–Crippen LogP) is 17.1. The van der Waals surface area contributed by atoms with Crippen LogP contribution in [0.1, 0.15) is 16.7 Å². The molecule has 0 atom stereocenters. The lowest BCUT2D eigenvalue weighted by Gasteiger charge is -2.10.